The van der Waals surface area contributed by atoms with E-state index in [4.69, 9.17) is 0 Å². The predicted octanol–water partition coefficient (Wildman–Crippen LogP) is 3.02. The maximum atomic E-state index is 13.2. The third kappa shape index (κ3) is 3.48. The van der Waals surface area contributed by atoms with Crippen molar-refractivity contribution < 1.29 is 14.0 Å². The van der Waals surface area contributed by atoms with Crippen LogP contribution in [0, 0.1) is 18.2 Å². The molecule has 1 spiro atoms. The van der Waals surface area contributed by atoms with Gasteiger partial charge in [0.15, 0.2) is 0 Å². The Labute approximate surface area is 163 Å². The van der Waals surface area contributed by atoms with Crippen LogP contribution in [0.25, 0.3) is 0 Å². The molecule has 28 heavy (non-hydrogen) atoms. The number of amides is 2. The number of carbonyl (C=O) groups is 2. The highest BCUT2D eigenvalue weighted by Gasteiger charge is 2.50. The molecule has 146 valence electrons. The number of benzene rings is 1. The van der Waals surface area contributed by atoms with Gasteiger partial charge in [-0.3, -0.25) is 14.5 Å². The molecule has 1 aromatic heterocycles. The number of carbonyl (C=O) groups excluding carboxylic acids is 2. The van der Waals surface area contributed by atoms with E-state index in [1.165, 1.54) is 24.3 Å². The van der Waals surface area contributed by atoms with Crippen LogP contribution in [-0.2, 0) is 4.79 Å². The number of nitrogens with zero attached hydrogens (tertiary/aromatic N) is 3. The molecule has 1 aromatic carbocycles. The van der Waals surface area contributed by atoms with Crippen molar-refractivity contribution in [2.24, 2.45) is 5.41 Å². The lowest BCUT2D eigenvalue weighted by Gasteiger charge is -2.36. The molecule has 2 amide bonds. The van der Waals surface area contributed by atoms with E-state index in [1.807, 2.05) is 0 Å². The summed E-state index contributed by atoms with van der Waals surface area (Å²) in [5.41, 5.74) is -0.0189. The van der Waals surface area contributed by atoms with Gasteiger partial charge in [-0.1, -0.05) is 6.42 Å². The van der Waals surface area contributed by atoms with Crippen LogP contribution >= 0.6 is 0 Å². The Bertz CT molecular complexity index is 902. The maximum absolute atomic E-state index is 13.2. The van der Waals surface area contributed by atoms with Crippen LogP contribution in [0.2, 0.25) is 0 Å². The Hall–Kier alpha value is -2.83. The average Bonchev–Trinajstić information content (AvgIpc) is 2.98. The van der Waals surface area contributed by atoms with Gasteiger partial charge in [0.05, 0.1) is 5.41 Å². The monoisotopic (exact) mass is 382 g/mol. The first-order valence-electron chi connectivity index (χ1n) is 9.65. The fraction of sp³-hybridized carbons (Fsp3) is 0.429. The molecule has 4 rings (SSSR count). The highest BCUT2D eigenvalue weighted by Crippen LogP contribution is 2.45. The van der Waals surface area contributed by atoms with Crippen molar-refractivity contribution in [2.75, 3.05) is 11.4 Å². The Morgan fingerprint density at radius 2 is 2.04 bits per heavy atom. The summed E-state index contributed by atoms with van der Waals surface area (Å²) >= 11 is 0. The summed E-state index contributed by atoms with van der Waals surface area (Å²) in [6.45, 7) is 2.44. The second-order valence-corrected chi connectivity index (χ2v) is 7.72. The minimum Gasteiger partial charge on any atom is -0.349 e. The first-order chi connectivity index (χ1) is 13.5. The summed E-state index contributed by atoms with van der Waals surface area (Å²) in [4.78, 5) is 36.0. The van der Waals surface area contributed by atoms with Gasteiger partial charge in [0.25, 0.3) is 5.91 Å². The topological polar surface area (TPSA) is 75.2 Å². The molecular weight excluding hydrogens is 359 g/mol. The Kier molecular flexibility index (Phi) is 4.83. The predicted molar refractivity (Wildman–Crippen MR) is 102 cm³/mol. The smallest absolute Gasteiger partial charge is 0.251 e. The van der Waals surface area contributed by atoms with E-state index in [0.717, 1.165) is 25.7 Å². The molecule has 1 aliphatic heterocycles. The lowest BCUT2D eigenvalue weighted by Crippen LogP contribution is -2.46. The van der Waals surface area contributed by atoms with Gasteiger partial charge in [-0.25, -0.2) is 14.4 Å². The number of aryl methyl sites for hydroxylation is 1. The molecule has 1 aliphatic carbocycles. The van der Waals surface area contributed by atoms with Crippen molar-refractivity contribution in [1.29, 1.82) is 0 Å². The second-order valence-electron chi connectivity index (χ2n) is 7.72. The molecule has 2 atom stereocenters. The van der Waals surface area contributed by atoms with E-state index in [2.05, 4.69) is 15.3 Å². The molecule has 0 bridgehead atoms. The summed E-state index contributed by atoms with van der Waals surface area (Å²) in [6, 6.07) is 7.20. The third-order valence-corrected chi connectivity index (χ3v) is 5.84. The number of nitrogens with one attached hydrogen (secondary N) is 1. The van der Waals surface area contributed by atoms with Gasteiger partial charge in [-0.05, 0) is 62.9 Å². The molecule has 0 unspecified atom stereocenters. The van der Waals surface area contributed by atoms with Gasteiger partial charge in [-0.15, -0.1) is 0 Å². The zero-order valence-corrected chi connectivity index (χ0v) is 15.8. The summed E-state index contributed by atoms with van der Waals surface area (Å²) < 4.78 is 13.1. The maximum Gasteiger partial charge on any atom is 0.251 e. The molecule has 2 aromatic rings. The number of hydrogen-bond donors (Lipinski definition) is 1. The minimum absolute atomic E-state index is 0.0673. The Balaban J connectivity index is 1.46. The molecule has 0 radical (unpaired) electrons. The van der Waals surface area contributed by atoms with Crippen molar-refractivity contribution >= 4 is 17.6 Å². The van der Waals surface area contributed by atoms with Crippen molar-refractivity contribution in [2.45, 2.75) is 45.1 Å². The van der Waals surface area contributed by atoms with E-state index < -0.39 is 5.41 Å². The number of halogens is 1. The van der Waals surface area contributed by atoms with Crippen LogP contribution < -0.4 is 10.2 Å². The average molecular weight is 382 g/mol. The van der Waals surface area contributed by atoms with E-state index in [-0.39, 0.29) is 23.7 Å². The molecule has 2 heterocycles. The minimum atomic E-state index is -0.447. The molecule has 1 N–H and O–H groups in total. The zero-order chi connectivity index (χ0) is 19.7. The van der Waals surface area contributed by atoms with Crippen LogP contribution in [0.15, 0.2) is 36.5 Å². The fourth-order valence-corrected chi connectivity index (χ4v) is 4.41. The molecular formula is C21H23FN4O2. The van der Waals surface area contributed by atoms with Crippen LogP contribution in [0.4, 0.5) is 10.2 Å². The lowest BCUT2D eigenvalue weighted by molar-refractivity contribution is -0.127. The lowest BCUT2D eigenvalue weighted by atomic mass is 9.71. The second kappa shape index (κ2) is 7.30. The van der Waals surface area contributed by atoms with E-state index in [0.29, 0.717) is 30.2 Å². The normalized spacial score (nSPS) is 24.6. The van der Waals surface area contributed by atoms with Gasteiger partial charge < -0.3 is 5.32 Å². The summed E-state index contributed by atoms with van der Waals surface area (Å²) in [5, 5.41) is 3.03. The summed E-state index contributed by atoms with van der Waals surface area (Å²) in [7, 11) is 0. The number of anilines is 1. The van der Waals surface area contributed by atoms with Gasteiger partial charge in [0.1, 0.15) is 17.5 Å². The van der Waals surface area contributed by atoms with E-state index in [9.17, 15) is 14.0 Å². The highest BCUT2D eigenvalue weighted by molar-refractivity contribution is 5.99. The molecule has 2 aliphatic rings. The quantitative estimate of drug-likeness (QED) is 0.885. The van der Waals surface area contributed by atoms with Gasteiger partial charge in [0, 0.05) is 24.3 Å². The zero-order valence-electron chi connectivity index (χ0n) is 15.8. The molecule has 1 saturated carbocycles. The van der Waals surface area contributed by atoms with Crippen molar-refractivity contribution in [1.82, 2.24) is 15.3 Å². The molecule has 2 fully saturated rings. The van der Waals surface area contributed by atoms with Crippen molar-refractivity contribution in [3.63, 3.8) is 0 Å². The van der Waals surface area contributed by atoms with Crippen LogP contribution in [0.1, 0.15) is 48.3 Å². The fourth-order valence-electron chi connectivity index (χ4n) is 4.41. The van der Waals surface area contributed by atoms with Gasteiger partial charge in [-0.2, -0.15) is 0 Å². The van der Waals surface area contributed by atoms with E-state index >= 15 is 0 Å². The number of hydrogen-bond acceptors (Lipinski definition) is 4. The molecule has 1 saturated heterocycles. The van der Waals surface area contributed by atoms with Crippen LogP contribution in [0.3, 0.4) is 0 Å². The molecule has 7 heteroatoms. The first-order valence-corrected chi connectivity index (χ1v) is 9.65. The van der Waals surface area contributed by atoms with Crippen LogP contribution in [-0.4, -0.2) is 34.4 Å². The van der Waals surface area contributed by atoms with E-state index in [1.54, 1.807) is 24.1 Å². The van der Waals surface area contributed by atoms with Crippen LogP contribution in [0.5, 0.6) is 0 Å². The largest absolute Gasteiger partial charge is 0.349 e. The summed E-state index contributed by atoms with van der Waals surface area (Å²) in [5.74, 6) is 0.776. The SMILES string of the molecule is Cc1nccc(N2CC[C@]3(CCC[C@H](NC(=O)c4ccc(F)cc4)C3)C2=O)n1. The summed E-state index contributed by atoms with van der Waals surface area (Å²) in [6.07, 6.45) is 5.61. The van der Waals surface area contributed by atoms with Crippen molar-refractivity contribution in [3.8, 4) is 0 Å². The van der Waals surface area contributed by atoms with Gasteiger partial charge >= 0.3 is 0 Å². The first kappa shape index (κ1) is 18.5. The third-order valence-electron chi connectivity index (χ3n) is 5.84. The Morgan fingerprint density at radius 1 is 1.25 bits per heavy atom. The standard InChI is InChI=1S/C21H23FN4O2/c1-14-23-11-8-18(24-14)26-12-10-21(20(26)28)9-2-3-17(13-21)25-19(27)15-4-6-16(22)7-5-15/h4-8,11,17H,2-3,9-10,12-13H2,1H3,(H,25,27)/t17-,21-/m0/s1. The highest BCUT2D eigenvalue weighted by atomic mass is 19.1. The van der Waals surface area contributed by atoms with Gasteiger partial charge in [0.2, 0.25) is 5.91 Å². The molecule has 6 nitrogen and oxygen atoms in total. The number of rotatable bonds is 3. The Morgan fingerprint density at radius 3 is 2.79 bits per heavy atom. The van der Waals surface area contributed by atoms with Crippen molar-refractivity contribution in [3.05, 3.63) is 53.7 Å². The number of aromatic nitrogens is 2.